The molecule has 6 heteroatoms. The molecular formula is C18H12N2O3S. The van der Waals surface area contributed by atoms with Gasteiger partial charge in [0.2, 0.25) is 0 Å². The Bertz CT molecular complexity index is 1130. The molecule has 0 bridgehead atoms. The van der Waals surface area contributed by atoms with Crippen LogP contribution in [0.15, 0.2) is 59.4 Å². The first-order valence-corrected chi connectivity index (χ1v) is 8.16. The monoisotopic (exact) mass is 336 g/mol. The van der Waals surface area contributed by atoms with Gasteiger partial charge >= 0.3 is 5.97 Å². The van der Waals surface area contributed by atoms with Crippen LogP contribution >= 0.6 is 11.3 Å². The van der Waals surface area contributed by atoms with Crippen LogP contribution in [0.4, 0.5) is 0 Å². The first-order chi connectivity index (χ1) is 11.6. The van der Waals surface area contributed by atoms with E-state index in [9.17, 15) is 9.59 Å². The third-order valence-electron chi connectivity index (χ3n) is 3.79. The number of aliphatic carboxylic acids is 1. The van der Waals surface area contributed by atoms with Crippen LogP contribution in [0.1, 0.15) is 5.56 Å². The average molecular weight is 336 g/mol. The first kappa shape index (κ1) is 14.6. The van der Waals surface area contributed by atoms with Crippen LogP contribution in [-0.2, 0) is 11.2 Å². The highest BCUT2D eigenvalue weighted by atomic mass is 32.1. The van der Waals surface area contributed by atoms with E-state index in [4.69, 9.17) is 5.11 Å². The van der Waals surface area contributed by atoms with E-state index < -0.39 is 5.97 Å². The van der Waals surface area contributed by atoms with E-state index in [-0.39, 0.29) is 12.0 Å². The number of aromatic nitrogens is 2. The second kappa shape index (κ2) is 5.58. The van der Waals surface area contributed by atoms with Gasteiger partial charge in [0.25, 0.3) is 5.56 Å². The highest BCUT2D eigenvalue weighted by molar-refractivity contribution is 7.23. The van der Waals surface area contributed by atoms with Gasteiger partial charge < -0.3 is 5.11 Å². The minimum absolute atomic E-state index is 0.0272. The SMILES string of the molecule is O=C(O)Cc1ccc2c(c1)sc1nc(=O)cc(-c3ccccc3)n12. The van der Waals surface area contributed by atoms with E-state index in [1.54, 1.807) is 6.07 Å². The van der Waals surface area contributed by atoms with Crippen molar-refractivity contribution in [2.75, 3.05) is 0 Å². The van der Waals surface area contributed by atoms with Crippen molar-refractivity contribution in [2.24, 2.45) is 0 Å². The van der Waals surface area contributed by atoms with Crippen molar-refractivity contribution in [1.29, 1.82) is 0 Å². The van der Waals surface area contributed by atoms with Crippen molar-refractivity contribution in [3.63, 3.8) is 0 Å². The third kappa shape index (κ3) is 2.47. The van der Waals surface area contributed by atoms with Crippen LogP contribution in [0.3, 0.4) is 0 Å². The number of nitrogens with zero attached hydrogens (tertiary/aromatic N) is 2. The summed E-state index contributed by atoms with van der Waals surface area (Å²) in [6, 6.07) is 16.7. The highest BCUT2D eigenvalue weighted by Crippen LogP contribution is 2.30. The van der Waals surface area contributed by atoms with Gasteiger partial charge in [-0.2, -0.15) is 4.98 Å². The van der Waals surface area contributed by atoms with Crippen molar-refractivity contribution in [2.45, 2.75) is 6.42 Å². The number of carbonyl (C=O) groups is 1. The fourth-order valence-corrected chi connectivity index (χ4v) is 3.89. The number of fused-ring (bicyclic) bond motifs is 3. The summed E-state index contributed by atoms with van der Waals surface area (Å²) in [5.74, 6) is -0.868. The molecule has 2 heterocycles. The van der Waals surface area contributed by atoms with Crippen LogP contribution in [0.5, 0.6) is 0 Å². The minimum atomic E-state index is -0.868. The van der Waals surface area contributed by atoms with Gasteiger partial charge in [-0.3, -0.25) is 14.0 Å². The fraction of sp³-hybridized carbons (Fsp3) is 0.0556. The molecule has 0 fully saturated rings. The van der Waals surface area contributed by atoms with Gasteiger partial charge in [-0.15, -0.1) is 0 Å². The van der Waals surface area contributed by atoms with Gasteiger partial charge in [-0.1, -0.05) is 47.7 Å². The average Bonchev–Trinajstić information content (AvgIpc) is 2.91. The van der Waals surface area contributed by atoms with Crippen LogP contribution in [0, 0.1) is 0 Å². The topological polar surface area (TPSA) is 71.7 Å². The molecule has 24 heavy (non-hydrogen) atoms. The van der Waals surface area contributed by atoms with E-state index in [2.05, 4.69) is 4.98 Å². The van der Waals surface area contributed by atoms with Gasteiger partial charge in [0.1, 0.15) is 0 Å². The van der Waals surface area contributed by atoms with Gasteiger partial charge in [0.05, 0.1) is 22.3 Å². The van der Waals surface area contributed by atoms with E-state index in [1.165, 1.54) is 17.4 Å². The fourth-order valence-electron chi connectivity index (χ4n) is 2.79. The molecule has 0 aliphatic heterocycles. The lowest BCUT2D eigenvalue weighted by atomic mass is 10.1. The normalized spacial score (nSPS) is 11.2. The predicted molar refractivity (Wildman–Crippen MR) is 93.6 cm³/mol. The molecule has 5 nitrogen and oxygen atoms in total. The summed E-state index contributed by atoms with van der Waals surface area (Å²) in [7, 11) is 0. The molecule has 0 radical (unpaired) electrons. The van der Waals surface area contributed by atoms with Crippen LogP contribution in [-0.4, -0.2) is 20.5 Å². The Hall–Kier alpha value is -2.99. The number of thiazole rings is 1. The number of hydrogen-bond donors (Lipinski definition) is 1. The molecule has 1 N–H and O–H groups in total. The van der Waals surface area contributed by atoms with E-state index in [1.807, 2.05) is 46.9 Å². The zero-order valence-electron chi connectivity index (χ0n) is 12.5. The molecule has 2 aromatic carbocycles. The summed E-state index contributed by atoms with van der Waals surface area (Å²) in [4.78, 5) is 27.6. The summed E-state index contributed by atoms with van der Waals surface area (Å²) in [5.41, 5.74) is 3.07. The summed E-state index contributed by atoms with van der Waals surface area (Å²) in [6.45, 7) is 0. The molecule has 0 aliphatic rings. The van der Waals surface area contributed by atoms with E-state index in [0.29, 0.717) is 4.96 Å². The minimum Gasteiger partial charge on any atom is -0.481 e. The zero-order chi connectivity index (χ0) is 16.7. The predicted octanol–water partition coefficient (Wildman–Crippen LogP) is 3.20. The van der Waals surface area contributed by atoms with Crippen molar-refractivity contribution in [3.8, 4) is 11.3 Å². The van der Waals surface area contributed by atoms with E-state index >= 15 is 0 Å². The Balaban J connectivity index is 2.03. The second-order valence-corrected chi connectivity index (χ2v) is 6.45. The molecular weight excluding hydrogens is 324 g/mol. The summed E-state index contributed by atoms with van der Waals surface area (Å²) in [6.07, 6.45) is -0.0272. The smallest absolute Gasteiger partial charge is 0.307 e. The molecule has 0 atom stereocenters. The molecule has 2 aromatic heterocycles. The summed E-state index contributed by atoms with van der Waals surface area (Å²) < 4.78 is 2.85. The quantitative estimate of drug-likeness (QED) is 0.623. The third-order valence-corrected chi connectivity index (χ3v) is 4.79. The van der Waals surface area contributed by atoms with Crippen LogP contribution in [0.25, 0.3) is 26.4 Å². The number of benzene rings is 2. The van der Waals surface area contributed by atoms with Gasteiger partial charge in [0, 0.05) is 6.07 Å². The van der Waals surface area contributed by atoms with Crippen molar-refractivity contribution in [1.82, 2.24) is 9.38 Å². The molecule has 0 unspecified atom stereocenters. The number of rotatable bonds is 3. The molecule has 4 rings (SSSR count). The Labute approximate surface area is 140 Å². The molecule has 0 saturated heterocycles. The Kier molecular flexibility index (Phi) is 3.39. The maximum Gasteiger partial charge on any atom is 0.307 e. The zero-order valence-corrected chi connectivity index (χ0v) is 13.3. The molecule has 0 saturated carbocycles. The number of carboxylic acid groups (broad SMARTS) is 1. The van der Waals surface area contributed by atoms with Crippen LogP contribution in [0.2, 0.25) is 0 Å². The number of carboxylic acids is 1. The Morgan fingerprint density at radius 3 is 2.67 bits per heavy atom. The molecule has 0 aliphatic carbocycles. The maximum atomic E-state index is 12.0. The van der Waals surface area contributed by atoms with Gasteiger partial charge in [-0.05, 0) is 23.3 Å². The Morgan fingerprint density at radius 2 is 1.92 bits per heavy atom. The highest BCUT2D eigenvalue weighted by Gasteiger charge is 2.13. The van der Waals surface area contributed by atoms with E-state index in [0.717, 1.165) is 27.0 Å². The van der Waals surface area contributed by atoms with Crippen molar-refractivity contribution < 1.29 is 9.90 Å². The lowest BCUT2D eigenvalue weighted by molar-refractivity contribution is -0.136. The number of hydrogen-bond acceptors (Lipinski definition) is 4. The maximum absolute atomic E-state index is 12.0. The largest absolute Gasteiger partial charge is 0.481 e. The van der Waals surface area contributed by atoms with Gasteiger partial charge in [-0.25, -0.2) is 0 Å². The van der Waals surface area contributed by atoms with Crippen molar-refractivity contribution in [3.05, 3.63) is 70.5 Å². The lowest BCUT2D eigenvalue weighted by Gasteiger charge is -2.06. The Morgan fingerprint density at radius 1 is 1.12 bits per heavy atom. The molecule has 0 amide bonds. The molecule has 118 valence electrons. The summed E-state index contributed by atoms with van der Waals surface area (Å²) >= 11 is 1.38. The molecule has 0 spiro atoms. The standard InChI is InChI=1S/C18H12N2O3S/c21-16-10-14(12-4-2-1-3-5-12)20-13-7-6-11(9-17(22)23)8-15(13)24-18(20)19-16/h1-8,10H,9H2,(H,22,23). The van der Waals surface area contributed by atoms with Gasteiger partial charge in [0.15, 0.2) is 4.96 Å². The second-order valence-electron chi connectivity index (χ2n) is 5.44. The first-order valence-electron chi connectivity index (χ1n) is 7.34. The lowest BCUT2D eigenvalue weighted by Crippen LogP contribution is -2.08. The summed E-state index contributed by atoms with van der Waals surface area (Å²) in [5, 5.41) is 8.95. The van der Waals surface area contributed by atoms with Crippen LogP contribution < -0.4 is 5.56 Å². The molecule has 4 aromatic rings. The van der Waals surface area contributed by atoms with Crippen molar-refractivity contribution >= 4 is 32.5 Å².